The first kappa shape index (κ1) is 19.5. The summed E-state index contributed by atoms with van der Waals surface area (Å²) in [6.45, 7) is 6.62. The van der Waals surface area contributed by atoms with Crippen LogP contribution in [0.25, 0.3) is 0 Å². The van der Waals surface area contributed by atoms with Gasteiger partial charge >= 0.3 is 0 Å². The molecule has 0 fully saturated rings. The maximum Gasteiger partial charge on any atom is 0.255 e. The van der Waals surface area contributed by atoms with Crippen molar-refractivity contribution < 1.29 is 14.6 Å². The zero-order chi connectivity index (χ0) is 20.1. The highest BCUT2D eigenvalue weighted by Crippen LogP contribution is 2.30. The summed E-state index contributed by atoms with van der Waals surface area (Å²) in [4.78, 5) is 12.5. The zero-order valence-electron chi connectivity index (χ0n) is 16.4. The molecule has 2 N–H and O–H groups in total. The number of carbonyl (C=O) groups excluding carboxylic acids is 1. The van der Waals surface area contributed by atoms with E-state index >= 15 is 0 Å². The molecule has 0 bridgehead atoms. The van der Waals surface area contributed by atoms with E-state index in [2.05, 4.69) is 38.2 Å². The second-order valence-electron chi connectivity index (χ2n) is 7.40. The Morgan fingerprint density at radius 2 is 1.68 bits per heavy atom. The van der Waals surface area contributed by atoms with Crippen molar-refractivity contribution in [2.45, 2.75) is 32.6 Å². The van der Waals surface area contributed by atoms with Crippen molar-refractivity contribution in [2.24, 2.45) is 0 Å². The van der Waals surface area contributed by atoms with Crippen molar-refractivity contribution in [1.29, 1.82) is 0 Å². The van der Waals surface area contributed by atoms with Crippen LogP contribution in [0.5, 0.6) is 17.2 Å². The predicted octanol–water partition coefficient (Wildman–Crippen LogP) is 6.12. The van der Waals surface area contributed by atoms with Gasteiger partial charge in [-0.25, -0.2) is 0 Å². The molecule has 3 rings (SSSR count). The van der Waals surface area contributed by atoms with Gasteiger partial charge in [0.05, 0.1) is 0 Å². The molecule has 1 amide bonds. The Morgan fingerprint density at radius 3 is 2.36 bits per heavy atom. The summed E-state index contributed by atoms with van der Waals surface area (Å²) in [6.07, 6.45) is 1.06. The molecule has 0 aliphatic rings. The number of ether oxygens (including phenoxy) is 1. The number of rotatable bonds is 6. The molecule has 0 aromatic heterocycles. The Kier molecular flexibility index (Phi) is 5.69. The molecule has 0 unspecified atom stereocenters. The van der Waals surface area contributed by atoms with E-state index in [1.54, 1.807) is 36.4 Å². The van der Waals surface area contributed by atoms with Crippen LogP contribution in [0.4, 0.5) is 5.69 Å². The first-order chi connectivity index (χ1) is 13.4. The van der Waals surface area contributed by atoms with Crippen LogP contribution >= 0.6 is 0 Å². The fourth-order valence-electron chi connectivity index (χ4n) is 2.80. The summed E-state index contributed by atoms with van der Waals surface area (Å²) in [5, 5.41) is 12.3. The lowest BCUT2D eigenvalue weighted by Crippen LogP contribution is -2.14. The largest absolute Gasteiger partial charge is 0.508 e. The van der Waals surface area contributed by atoms with Gasteiger partial charge in [-0.3, -0.25) is 4.79 Å². The molecular formula is C24H25NO3. The van der Waals surface area contributed by atoms with Gasteiger partial charge in [-0.15, -0.1) is 0 Å². The number of benzene rings is 3. The number of anilines is 1. The van der Waals surface area contributed by atoms with Crippen molar-refractivity contribution in [3.63, 3.8) is 0 Å². The lowest BCUT2D eigenvalue weighted by atomic mass is 9.82. The molecule has 4 nitrogen and oxygen atoms in total. The Labute approximate surface area is 165 Å². The molecule has 144 valence electrons. The number of carbonyl (C=O) groups is 1. The summed E-state index contributed by atoms with van der Waals surface area (Å²) in [6, 6.07) is 21.5. The third-order valence-electron chi connectivity index (χ3n) is 4.96. The minimum Gasteiger partial charge on any atom is -0.508 e. The van der Waals surface area contributed by atoms with Crippen LogP contribution in [0.1, 0.15) is 43.1 Å². The number of aromatic hydroxyl groups is 1. The molecule has 0 spiro atoms. The Hall–Kier alpha value is -3.27. The van der Waals surface area contributed by atoms with Gasteiger partial charge in [-0.1, -0.05) is 45.0 Å². The van der Waals surface area contributed by atoms with Gasteiger partial charge in [0.2, 0.25) is 0 Å². The van der Waals surface area contributed by atoms with Crippen molar-refractivity contribution in [1.82, 2.24) is 0 Å². The maximum absolute atomic E-state index is 12.5. The average Bonchev–Trinajstić information content (AvgIpc) is 2.68. The maximum atomic E-state index is 12.5. The van der Waals surface area contributed by atoms with Crippen LogP contribution in [0.15, 0.2) is 72.8 Å². The molecule has 0 atom stereocenters. The average molecular weight is 375 g/mol. The normalized spacial score (nSPS) is 11.1. The minimum atomic E-state index is -0.268. The minimum absolute atomic E-state index is 0.101. The van der Waals surface area contributed by atoms with Crippen LogP contribution in [-0.4, -0.2) is 11.0 Å². The van der Waals surface area contributed by atoms with E-state index in [1.807, 2.05) is 18.2 Å². The van der Waals surface area contributed by atoms with E-state index in [-0.39, 0.29) is 17.1 Å². The molecule has 0 saturated carbocycles. The molecule has 0 aliphatic carbocycles. The van der Waals surface area contributed by atoms with Crippen molar-refractivity contribution in [2.75, 3.05) is 5.32 Å². The summed E-state index contributed by atoms with van der Waals surface area (Å²) in [7, 11) is 0. The van der Waals surface area contributed by atoms with Gasteiger partial charge in [0.1, 0.15) is 17.2 Å². The van der Waals surface area contributed by atoms with E-state index < -0.39 is 0 Å². The number of hydrogen-bond donors (Lipinski definition) is 2. The molecule has 0 heterocycles. The van der Waals surface area contributed by atoms with Crippen LogP contribution in [0.3, 0.4) is 0 Å². The van der Waals surface area contributed by atoms with E-state index in [9.17, 15) is 9.90 Å². The Bertz CT molecular complexity index is 962. The smallest absolute Gasteiger partial charge is 0.255 e. The van der Waals surface area contributed by atoms with Gasteiger partial charge < -0.3 is 15.2 Å². The highest BCUT2D eigenvalue weighted by molar-refractivity contribution is 6.04. The van der Waals surface area contributed by atoms with Crippen molar-refractivity contribution >= 4 is 11.6 Å². The molecular weight excluding hydrogens is 350 g/mol. The first-order valence-electron chi connectivity index (χ1n) is 9.36. The number of phenols is 1. The SMILES string of the molecule is CCC(C)(C)c1ccc(Oc2cccc(C(=O)Nc3cccc(O)c3)c2)cc1. The van der Waals surface area contributed by atoms with Crippen LogP contribution in [0, 0.1) is 0 Å². The van der Waals surface area contributed by atoms with Crippen molar-refractivity contribution in [3.8, 4) is 17.2 Å². The fraction of sp³-hybridized carbons (Fsp3) is 0.208. The number of hydrogen-bond acceptors (Lipinski definition) is 3. The molecule has 3 aromatic rings. The van der Waals surface area contributed by atoms with Crippen molar-refractivity contribution in [3.05, 3.63) is 83.9 Å². The highest BCUT2D eigenvalue weighted by Gasteiger charge is 2.17. The topological polar surface area (TPSA) is 58.6 Å². The Morgan fingerprint density at radius 1 is 0.964 bits per heavy atom. The van der Waals surface area contributed by atoms with Gasteiger partial charge in [0.15, 0.2) is 0 Å². The van der Waals surface area contributed by atoms with Gasteiger partial charge in [-0.05, 0) is 59.9 Å². The molecule has 4 heteroatoms. The van der Waals surface area contributed by atoms with Gasteiger partial charge in [0, 0.05) is 17.3 Å². The quantitative estimate of drug-likeness (QED) is 0.545. The van der Waals surface area contributed by atoms with Crippen LogP contribution in [0.2, 0.25) is 0 Å². The molecule has 3 aromatic carbocycles. The summed E-state index contributed by atoms with van der Waals surface area (Å²) in [5.41, 5.74) is 2.40. The fourth-order valence-corrected chi connectivity index (χ4v) is 2.80. The predicted molar refractivity (Wildman–Crippen MR) is 112 cm³/mol. The third kappa shape index (κ3) is 4.71. The number of amides is 1. The zero-order valence-corrected chi connectivity index (χ0v) is 16.4. The molecule has 0 aliphatic heterocycles. The molecule has 0 radical (unpaired) electrons. The van der Waals surface area contributed by atoms with Crippen LogP contribution in [-0.2, 0) is 5.41 Å². The third-order valence-corrected chi connectivity index (χ3v) is 4.96. The van der Waals surface area contributed by atoms with Crippen LogP contribution < -0.4 is 10.1 Å². The summed E-state index contributed by atoms with van der Waals surface area (Å²) < 4.78 is 5.92. The molecule has 28 heavy (non-hydrogen) atoms. The second kappa shape index (κ2) is 8.17. The van der Waals surface area contributed by atoms with Gasteiger partial charge in [-0.2, -0.15) is 0 Å². The monoisotopic (exact) mass is 375 g/mol. The number of nitrogens with one attached hydrogen (secondary N) is 1. The second-order valence-corrected chi connectivity index (χ2v) is 7.40. The summed E-state index contributed by atoms with van der Waals surface area (Å²) >= 11 is 0. The van der Waals surface area contributed by atoms with E-state index in [1.165, 1.54) is 11.6 Å². The first-order valence-corrected chi connectivity index (χ1v) is 9.36. The highest BCUT2D eigenvalue weighted by atomic mass is 16.5. The van der Waals surface area contributed by atoms with E-state index in [0.717, 1.165) is 12.2 Å². The Balaban J connectivity index is 1.72. The lowest BCUT2D eigenvalue weighted by Gasteiger charge is -2.23. The van der Waals surface area contributed by atoms with E-state index in [0.29, 0.717) is 17.0 Å². The number of phenolic OH excluding ortho intramolecular Hbond substituents is 1. The van der Waals surface area contributed by atoms with Gasteiger partial charge in [0.25, 0.3) is 5.91 Å². The standard InChI is InChI=1S/C24H25NO3/c1-4-24(2,3)18-11-13-21(14-12-18)28-22-10-5-7-17(15-22)23(27)25-19-8-6-9-20(26)16-19/h5-16,26H,4H2,1-3H3,(H,25,27). The lowest BCUT2D eigenvalue weighted by molar-refractivity contribution is 0.102. The summed E-state index contributed by atoms with van der Waals surface area (Å²) in [5.74, 6) is 1.15. The molecule has 0 saturated heterocycles. The van der Waals surface area contributed by atoms with E-state index in [4.69, 9.17) is 4.74 Å².